The Morgan fingerprint density at radius 3 is 1.88 bits per heavy atom. The number of benzene rings is 1. The molecule has 0 atom stereocenters. The molecule has 0 saturated carbocycles. The summed E-state index contributed by atoms with van der Waals surface area (Å²) >= 11 is 0. The summed E-state index contributed by atoms with van der Waals surface area (Å²) in [5.74, 6) is 0.982. The Bertz CT molecular complexity index is 381. The lowest BCUT2D eigenvalue weighted by molar-refractivity contribution is -0.890. The lowest BCUT2D eigenvalue weighted by atomic mass is 10.1. The van der Waals surface area contributed by atoms with Gasteiger partial charge < -0.3 is 33.2 Å². The van der Waals surface area contributed by atoms with E-state index >= 15 is 0 Å². The molecule has 1 aromatic carbocycles. The largest absolute Gasteiger partial charge is 1.00 e. The van der Waals surface area contributed by atoms with Crippen molar-refractivity contribution in [1.82, 2.24) is 0 Å². The molecule has 24 heavy (non-hydrogen) atoms. The molecule has 0 N–H and O–H groups in total. The molecular formula is C21H38INO. The van der Waals surface area contributed by atoms with Gasteiger partial charge in [-0.25, -0.2) is 0 Å². The van der Waals surface area contributed by atoms with Crippen molar-refractivity contribution in [1.29, 1.82) is 0 Å². The van der Waals surface area contributed by atoms with Crippen LogP contribution in [0.15, 0.2) is 30.3 Å². The quantitative estimate of drug-likeness (QED) is 0.242. The van der Waals surface area contributed by atoms with Gasteiger partial charge in [0, 0.05) is 0 Å². The normalized spacial score (nSPS) is 11.1. The van der Waals surface area contributed by atoms with Crippen LogP contribution in [0.4, 0.5) is 0 Å². The van der Waals surface area contributed by atoms with Crippen molar-refractivity contribution in [2.75, 3.05) is 33.8 Å². The van der Waals surface area contributed by atoms with Crippen LogP contribution in [-0.4, -0.2) is 38.3 Å². The van der Waals surface area contributed by atoms with Gasteiger partial charge in [-0.2, -0.15) is 0 Å². The third kappa shape index (κ3) is 13.1. The summed E-state index contributed by atoms with van der Waals surface area (Å²) in [5, 5.41) is 0. The van der Waals surface area contributed by atoms with Crippen molar-refractivity contribution >= 4 is 0 Å². The predicted molar refractivity (Wildman–Crippen MR) is 101 cm³/mol. The van der Waals surface area contributed by atoms with Crippen LogP contribution in [0.25, 0.3) is 0 Å². The van der Waals surface area contributed by atoms with Gasteiger partial charge in [0.25, 0.3) is 0 Å². The van der Waals surface area contributed by atoms with Gasteiger partial charge in [-0.3, -0.25) is 0 Å². The van der Waals surface area contributed by atoms with Gasteiger partial charge in [-0.15, -0.1) is 0 Å². The second kappa shape index (κ2) is 15.0. The number of quaternary nitrogens is 1. The summed E-state index contributed by atoms with van der Waals surface area (Å²) in [6.45, 7) is 5.42. The minimum Gasteiger partial charge on any atom is -1.00 e. The Morgan fingerprint density at radius 1 is 0.750 bits per heavy atom. The summed E-state index contributed by atoms with van der Waals surface area (Å²) in [6, 6.07) is 10.1. The molecule has 0 aliphatic heterocycles. The van der Waals surface area contributed by atoms with Gasteiger partial charge in [0.05, 0.1) is 20.6 Å². The van der Waals surface area contributed by atoms with E-state index in [2.05, 4.69) is 21.0 Å². The van der Waals surface area contributed by atoms with Gasteiger partial charge in [0.1, 0.15) is 18.9 Å². The fourth-order valence-electron chi connectivity index (χ4n) is 2.89. The summed E-state index contributed by atoms with van der Waals surface area (Å²) in [7, 11) is 4.64. The smallest absolute Gasteiger partial charge is 0.137 e. The molecule has 0 heterocycles. The second-order valence-corrected chi connectivity index (χ2v) is 7.37. The maximum Gasteiger partial charge on any atom is 0.137 e. The third-order valence-corrected chi connectivity index (χ3v) is 4.58. The first-order valence-corrected chi connectivity index (χ1v) is 9.64. The van der Waals surface area contributed by atoms with Crippen molar-refractivity contribution < 1.29 is 33.2 Å². The van der Waals surface area contributed by atoms with E-state index in [1.165, 1.54) is 64.3 Å². The van der Waals surface area contributed by atoms with Crippen molar-refractivity contribution in [2.45, 2.75) is 64.7 Å². The number of para-hydroxylation sites is 1. The van der Waals surface area contributed by atoms with Crippen molar-refractivity contribution in [3.8, 4) is 5.75 Å². The minimum absolute atomic E-state index is 0. The summed E-state index contributed by atoms with van der Waals surface area (Å²) < 4.78 is 6.88. The number of unbranched alkanes of at least 4 members (excludes halogenated alkanes) is 8. The lowest BCUT2D eigenvalue weighted by Gasteiger charge is -2.29. The van der Waals surface area contributed by atoms with Crippen LogP contribution in [0.5, 0.6) is 5.75 Å². The van der Waals surface area contributed by atoms with E-state index in [-0.39, 0.29) is 24.0 Å². The van der Waals surface area contributed by atoms with E-state index in [9.17, 15) is 0 Å². The Labute approximate surface area is 167 Å². The fraction of sp³-hybridized carbons (Fsp3) is 0.714. The Morgan fingerprint density at radius 2 is 1.29 bits per heavy atom. The molecule has 0 spiro atoms. The van der Waals surface area contributed by atoms with Crippen LogP contribution in [0, 0.1) is 0 Å². The molecule has 0 bridgehead atoms. The minimum atomic E-state index is 0. The van der Waals surface area contributed by atoms with Crippen LogP contribution < -0.4 is 28.7 Å². The number of hydrogen-bond acceptors (Lipinski definition) is 1. The molecule has 0 aliphatic carbocycles. The van der Waals surface area contributed by atoms with Crippen LogP contribution in [0.3, 0.4) is 0 Å². The van der Waals surface area contributed by atoms with Crippen LogP contribution in [-0.2, 0) is 0 Å². The van der Waals surface area contributed by atoms with Gasteiger partial charge in [-0.05, 0) is 25.0 Å². The Kier molecular flexibility index (Phi) is 14.8. The molecule has 0 unspecified atom stereocenters. The fourth-order valence-corrected chi connectivity index (χ4v) is 2.89. The first-order chi connectivity index (χ1) is 11.1. The number of halogens is 1. The van der Waals surface area contributed by atoms with Crippen molar-refractivity contribution in [2.24, 2.45) is 0 Å². The van der Waals surface area contributed by atoms with Crippen LogP contribution >= 0.6 is 0 Å². The average molecular weight is 447 g/mol. The van der Waals surface area contributed by atoms with E-state index in [1.807, 2.05) is 30.3 Å². The predicted octanol–water partition coefficient (Wildman–Crippen LogP) is 2.68. The van der Waals surface area contributed by atoms with E-state index in [0.717, 1.165) is 23.4 Å². The molecule has 0 saturated heterocycles. The van der Waals surface area contributed by atoms with E-state index in [0.29, 0.717) is 0 Å². The molecule has 0 amide bonds. The molecule has 0 aromatic heterocycles. The van der Waals surface area contributed by atoms with Gasteiger partial charge in [0.15, 0.2) is 0 Å². The zero-order valence-corrected chi connectivity index (χ0v) is 18.3. The first kappa shape index (κ1) is 23.7. The number of likely N-dealkylation sites (N-methyl/N-ethyl adjacent to an activating group) is 1. The molecule has 3 heteroatoms. The molecule has 1 aromatic rings. The molecular weight excluding hydrogens is 409 g/mol. The van der Waals surface area contributed by atoms with Crippen LogP contribution in [0.1, 0.15) is 64.7 Å². The highest BCUT2D eigenvalue weighted by Crippen LogP contribution is 2.12. The lowest BCUT2D eigenvalue weighted by Crippen LogP contribution is -3.00. The molecule has 0 fully saturated rings. The standard InChI is InChI=1S/C21H38NO.HI/c1-4-5-6-7-8-9-10-11-15-18-22(2,3)19-20-23-21-16-13-12-14-17-21;/h12-14,16-17H,4-11,15,18-20H2,1-3H3;1H/q+1;/p-1. The Hall–Kier alpha value is -0.290. The van der Waals surface area contributed by atoms with E-state index in [1.54, 1.807) is 0 Å². The second-order valence-electron chi connectivity index (χ2n) is 7.37. The Balaban J connectivity index is 0.00000529. The number of hydrogen-bond donors (Lipinski definition) is 0. The van der Waals surface area contributed by atoms with Gasteiger partial charge >= 0.3 is 0 Å². The maximum atomic E-state index is 5.82. The van der Waals surface area contributed by atoms with E-state index < -0.39 is 0 Å². The molecule has 1 rings (SSSR count). The highest BCUT2D eigenvalue weighted by molar-refractivity contribution is 5.20. The summed E-state index contributed by atoms with van der Waals surface area (Å²) in [6.07, 6.45) is 12.6. The first-order valence-electron chi connectivity index (χ1n) is 9.64. The van der Waals surface area contributed by atoms with Crippen molar-refractivity contribution in [3.05, 3.63) is 30.3 Å². The SMILES string of the molecule is CCCCCCCCCCC[N+](C)(C)CCOc1ccccc1.[I-]. The highest BCUT2D eigenvalue weighted by atomic mass is 127. The van der Waals surface area contributed by atoms with Gasteiger partial charge in [0.2, 0.25) is 0 Å². The number of nitrogens with zero attached hydrogens (tertiary/aromatic N) is 1. The summed E-state index contributed by atoms with van der Waals surface area (Å²) in [5.41, 5.74) is 0. The maximum absolute atomic E-state index is 5.82. The molecule has 0 radical (unpaired) electrons. The van der Waals surface area contributed by atoms with Gasteiger partial charge in [-0.1, -0.05) is 70.1 Å². The topological polar surface area (TPSA) is 9.23 Å². The third-order valence-electron chi connectivity index (χ3n) is 4.58. The molecule has 0 aliphatic rings. The zero-order valence-electron chi connectivity index (χ0n) is 16.1. The number of ether oxygens (including phenoxy) is 1. The summed E-state index contributed by atoms with van der Waals surface area (Å²) in [4.78, 5) is 0. The molecule has 2 nitrogen and oxygen atoms in total. The van der Waals surface area contributed by atoms with Crippen LogP contribution in [0.2, 0.25) is 0 Å². The zero-order chi connectivity index (χ0) is 16.8. The average Bonchev–Trinajstić information content (AvgIpc) is 2.54. The monoisotopic (exact) mass is 447 g/mol. The van der Waals surface area contributed by atoms with Crippen molar-refractivity contribution in [3.63, 3.8) is 0 Å². The highest BCUT2D eigenvalue weighted by Gasteiger charge is 2.14. The molecule has 140 valence electrons. The van der Waals surface area contributed by atoms with E-state index in [4.69, 9.17) is 4.74 Å². The number of rotatable bonds is 14.